The third-order valence-electron chi connectivity index (χ3n) is 2.89. The molecule has 0 aliphatic carbocycles. The van der Waals surface area contributed by atoms with E-state index in [1.807, 2.05) is 6.92 Å². The number of rotatable bonds is 6. The van der Waals surface area contributed by atoms with E-state index >= 15 is 0 Å². The normalized spacial score (nSPS) is 15.2. The third-order valence-corrected chi connectivity index (χ3v) is 5.39. The van der Waals surface area contributed by atoms with Crippen molar-refractivity contribution in [3.63, 3.8) is 0 Å². The van der Waals surface area contributed by atoms with Crippen LogP contribution in [0.2, 0.25) is 5.15 Å². The van der Waals surface area contributed by atoms with Crippen molar-refractivity contribution in [2.75, 3.05) is 6.61 Å². The lowest BCUT2D eigenvalue weighted by Crippen LogP contribution is -2.46. The maximum Gasteiger partial charge on any atom is 0.244 e. The first-order valence-corrected chi connectivity index (χ1v) is 8.35. The molecule has 0 bridgehead atoms. The summed E-state index contributed by atoms with van der Waals surface area (Å²) in [7, 11) is -3.79. The molecule has 1 rings (SSSR count). The summed E-state index contributed by atoms with van der Waals surface area (Å²) < 4.78 is 27.7. The fourth-order valence-corrected chi connectivity index (χ4v) is 3.97. The Hall–Kier alpha value is -0.210. The molecule has 1 aromatic heterocycles. The second-order valence-electron chi connectivity index (χ2n) is 4.44. The molecule has 0 amide bonds. The van der Waals surface area contributed by atoms with Crippen molar-refractivity contribution >= 4 is 37.6 Å². The molecule has 1 aromatic rings. The Morgan fingerprint density at radius 2 is 2.21 bits per heavy atom. The highest BCUT2D eigenvalue weighted by atomic mass is 79.9. The first-order valence-electron chi connectivity index (χ1n) is 5.70. The van der Waals surface area contributed by atoms with E-state index in [9.17, 15) is 8.42 Å². The summed E-state index contributed by atoms with van der Waals surface area (Å²) in [5.41, 5.74) is -0.723. The zero-order chi connectivity index (χ0) is 14.7. The highest BCUT2D eigenvalue weighted by Crippen LogP contribution is 2.25. The highest BCUT2D eigenvalue weighted by molar-refractivity contribution is 9.10. The van der Waals surface area contributed by atoms with E-state index in [2.05, 4.69) is 25.6 Å². The number of hydrogen-bond donors (Lipinski definition) is 2. The maximum absolute atomic E-state index is 12.3. The Labute approximate surface area is 126 Å². The van der Waals surface area contributed by atoms with Gasteiger partial charge in [0.15, 0.2) is 0 Å². The van der Waals surface area contributed by atoms with Crippen LogP contribution < -0.4 is 4.72 Å². The first-order chi connectivity index (χ1) is 8.74. The molecule has 0 aromatic carbocycles. The number of sulfonamides is 1. The molecule has 0 radical (unpaired) electrons. The molecule has 19 heavy (non-hydrogen) atoms. The van der Waals surface area contributed by atoms with Crippen LogP contribution in [0.15, 0.2) is 21.6 Å². The number of halogens is 2. The molecule has 0 spiro atoms. The van der Waals surface area contributed by atoms with Gasteiger partial charge in [-0.05, 0) is 41.8 Å². The molecule has 2 N–H and O–H groups in total. The number of aliphatic hydroxyl groups excluding tert-OH is 1. The summed E-state index contributed by atoms with van der Waals surface area (Å²) in [4.78, 5) is 3.71. The molecule has 1 atom stereocenters. The lowest BCUT2D eigenvalue weighted by Gasteiger charge is -2.28. The van der Waals surface area contributed by atoms with Crippen molar-refractivity contribution in [3.05, 3.63) is 21.9 Å². The average molecular weight is 372 g/mol. The minimum atomic E-state index is -3.79. The third kappa shape index (κ3) is 4.39. The fraction of sp³-hybridized carbons (Fsp3) is 0.545. The summed E-state index contributed by atoms with van der Waals surface area (Å²) in [6.07, 6.45) is 2.29. The molecule has 0 saturated heterocycles. The van der Waals surface area contributed by atoms with Gasteiger partial charge in [0.1, 0.15) is 10.0 Å². The van der Waals surface area contributed by atoms with Gasteiger partial charge >= 0.3 is 0 Å². The van der Waals surface area contributed by atoms with Crippen LogP contribution in [0.1, 0.15) is 26.7 Å². The SMILES string of the molecule is CCC(C)(CCO)NS(=O)(=O)c1cc(Br)cnc1Cl. The minimum Gasteiger partial charge on any atom is -0.396 e. The molecular weight excluding hydrogens is 356 g/mol. The number of aromatic nitrogens is 1. The summed E-state index contributed by atoms with van der Waals surface area (Å²) in [6.45, 7) is 3.48. The van der Waals surface area contributed by atoms with Crippen LogP contribution in [0.5, 0.6) is 0 Å². The Balaban J connectivity index is 3.14. The topological polar surface area (TPSA) is 79.3 Å². The minimum absolute atomic E-state index is 0.0823. The van der Waals surface area contributed by atoms with Crippen LogP contribution in [-0.2, 0) is 10.0 Å². The zero-order valence-electron chi connectivity index (χ0n) is 10.7. The van der Waals surface area contributed by atoms with Crippen molar-refractivity contribution in [2.45, 2.75) is 37.1 Å². The Bertz CT molecular complexity index is 553. The highest BCUT2D eigenvalue weighted by Gasteiger charge is 2.30. The van der Waals surface area contributed by atoms with Gasteiger partial charge in [0.2, 0.25) is 10.0 Å². The molecule has 0 aliphatic heterocycles. The van der Waals surface area contributed by atoms with Crippen LogP contribution in [0.3, 0.4) is 0 Å². The predicted octanol–water partition coefficient (Wildman–Crippen LogP) is 2.33. The Kier molecular flexibility index (Phi) is 5.76. The standard InChI is InChI=1S/C11H16BrClN2O3S/c1-3-11(2,4-5-16)15-19(17,18)9-6-8(12)7-14-10(9)13/h6-7,15-16H,3-5H2,1-2H3. The van der Waals surface area contributed by atoms with E-state index in [-0.39, 0.29) is 16.7 Å². The van der Waals surface area contributed by atoms with Gasteiger partial charge in [-0.1, -0.05) is 18.5 Å². The van der Waals surface area contributed by atoms with Gasteiger partial charge in [-0.15, -0.1) is 0 Å². The van der Waals surface area contributed by atoms with E-state index in [1.54, 1.807) is 6.92 Å². The molecular formula is C11H16BrClN2O3S. The van der Waals surface area contributed by atoms with Crippen molar-refractivity contribution < 1.29 is 13.5 Å². The summed E-state index contributed by atoms with van der Waals surface area (Å²) in [6, 6.07) is 1.40. The molecule has 108 valence electrons. The van der Waals surface area contributed by atoms with Crippen molar-refractivity contribution in [3.8, 4) is 0 Å². The van der Waals surface area contributed by atoms with Gasteiger partial charge in [-0.25, -0.2) is 18.1 Å². The molecule has 0 aliphatic rings. The Morgan fingerprint density at radius 1 is 1.58 bits per heavy atom. The van der Waals surface area contributed by atoms with Gasteiger partial charge in [-0.3, -0.25) is 0 Å². The Morgan fingerprint density at radius 3 is 2.74 bits per heavy atom. The number of aliphatic hydroxyl groups is 1. The van der Waals surface area contributed by atoms with Crippen molar-refractivity contribution in [1.29, 1.82) is 0 Å². The van der Waals surface area contributed by atoms with Crippen LogP contribution in [-0.4, -0.2) is 30.7 Å². The number of pyridine rings is 1. The van der Waals surface area contributed by atoms with Gasteiger partial charge in [0.25, 0.3) is 0 Å². The van der Waals surface area contributed by atoms with Crippen molar-refractivity contribution in [1.82, 2.24) is 9.71 Å². The van der Waals surface area contributed by atoms with Crippen LogP contribution >= 0.6 is 27.5 Å². The lowest BCUT2D eigenvalue weighted by molar-refractivity contribution is 0.233. The molecule has 0 fully saturated rings. The van der Waals surface area contributed by atoms with Crippen LogP contribution in [0.4, 0.5) is 0 Å². The number of nitrogens with one attached hydrogen (secondary N) is 1. The number of nitrogens with zero attached hydrogens (tertiary/aromatic N) is 1. The molecule has 5 nitrogen and oxygen atoms in total. The van der Waals surface area contributed by atoms with E-state index in [0.717, 1.165) is 0 Å². The van der Waals surface area contributed by atoms with E-state index in [4.69, 9.17) is 16.7 Å². The van der Waals surface area contributed by atoms with E-state index in [1.165, 1.54) is 12.3 Å². The molecule has 1 heterocycles. The lowest BCUT2D eigenvalue weighted by atomic mass is 9.97. The predicted molar refractivity (Wildman–Crippen MR) is 77.7 cm³/mol. The fourth-order valence-electron chi connectivity index (χ4n) is 1.52. The van der Waals surface area contributed by atoms with Crippen molar-refractivity contribution in [2.24, 2.45) is 0 Å². The average Bonchev–Trinajstić information content (AvgIpc) is 2.31. The largest absolute Gasteiger partial charge is 0.396 e. The molecule has 1 unspecified atom stereocenters. The van der Waals surface area contributed by atoms with Gasteiger partial charge in [-0.2, -0.15) is 0 Å². The van der Waals surface area contributed by atoms with Gasteiger partial charge in [0, 0.05) is 22.8 Å². The van der Waals surface area contributed by atoms with Gasteiger partial charge in [0.05, 0.1) is 0 Å². The number of hydrogen-bond acceptors (Lipinski definition) is 4. The smallest absolute Gasteiger partial charge is 0.244 e. The zero-order valence-corrected chi connectivity index (χ0v) is 13.8. The summed E-state index contributed by atoms with van der Waals surface area (Å²) in [5.74, 6) is 0. The second kappa shape index (κ2) is 6.49. The van der Waals surface area contributed by atoms with Crippen LogP contribution in [0.25, 0.3) is 0 Å². The van der Waals surface area contributed by atoms with E-state index in [0.29, 0.717) is 17.3 Å². The van der Waals surface area contributed by atoms with Gasteiger partial charge < -0.3 is 5.11 Å². The summed E-state index contributed by atoms with van der Waals surface area (Å²) >= 11 is 8.99. The van der Waals surface area contributed by atoms with E-state index < -0.39 is 15.6 Å². The summed E-state index contributed by atoms with van der Waals surface area (Å²) in [5, 5.41) is 8.93. The first kappa shape index (κ1) is 16.8. The van der Waals surface area contributed by atoms with Crippen LogP contribution in [0, 0.1) is 0 Å². The molecule has 8 heteroatoms. The molecule has 0 saturated carbocycles. The monoisotopic (exact) mass is 370 g/mol. The quantitative estimate of drug-likeness (QED) is 0.752. The second-order valence-corrected chi connectivity index (χ2v) is 7.36. The maximum atomic E-state index is 12.3.